The largest absolute Gasteiger partial charge is 0.346 e. The maximum absolute atomic E-state index is 4.84. The summed E-state index contributed by atoms with van der Waals surface area (Å²) in [4.78, 5) is 21.2. The highest BCUT2D eigenvalue weighted by Gasteiger charge is 2.27. The van der Waals surface area contributed by atoms with Crippen molar-refractivity contribution in [2.24, 2.45) is 0 Å². The van der Waals surface area contributed by atoms with Gasteiger partial charge in [0.15, 0.2) is 5.65 Å². The van der Waals surface area contributed by atoms with E-state index in [-0.39, 0.29) is 0 Å². The molecule has 0 aliphatic carbocycles. The molecule has 0 amide bonds. The van der Waals surface area contributed by atoms with Gasteiger partial charge in [-0.05, 0) is 68.1 Å². The molecule has 0 radical (unpaired) electrons. The number of hydrogen-bond acceptors (Lipinski definition) is 7. The quantitative estimate of drug-likeness (QED) is 0.243. The number of nitrogens with one attached hydrogen (secondary N) is 2. The lowest BCUT2D eigenvalue weighted by molar-refractivity contribution is 0.658. The number of aryl methyl sites for hydroxylation is 2. The van der Waals surface area contributed by atoms with Gasteiger partial charge in [0, 0.05) is 88.5 Å². The molecule has 0 fully saturated rings. The molecule has 8 aromatic heterocycles. The van der Waals surface area contributed by atoms with E-state index in [1.54, 1.807) is 12.4 Å². The standard InChI is InChI=1S/C18H15N5.C17H14N6/c1-2-8-19-14(6-1)17-16(15-7-4-10-23(15)22-17)13-11-21-18-12(13)5-3-9-20-18;1-2-6-18-13(4-1)16-15(14-5-3-7-23(14)22-16)11-8-12-10-20-21-17(12)19-9-11/h1-3,5-6,8-9,11H,4,7,10H2,(H,20,21);1-2,4,6,8-10H,3,5,7H2,(H,19,20,21). The Kier molecular flexibility index (Phi) is 6.25. The first kappa shape index (κ1) is 26.4. The fourth-order valence-electron chi connectivity index (χ4n) is 6.75. The van der Waals surface area contributed by atoms with Crippen LogP contribution in [-0.4, -0.2) is 54.7 Å². The van der Waals surface area contributed by atoms with Gasteiger partial charge in [-0.15, -0.1) is 0 Å². The van der Waals surface area contributed by atoms with Crippen molar-refractivity contribution in [1.82, 2.24) is 54.7 Å². The zero-order chi connectivity index (χ0) is 30.5. The highest BCUT2D eigenvalue weighted by molar-refractivity contribution is 5.98. The Morgan fingerprint density at radius 2 is 1.35 bits per heavy atom. The normalized spacial score (nSPS) is 13.6. The molecule has 10 rings (SSSR count). The van der Waals surface area contributed by atoms with Gasteiger partial charge in [-0.25, -0.2) is 9.97 Å². The minimum Gasteiger partial charge on any atom is -0.346 e. The number of hydrogen-bond donors (Lipinski definition) is 2. The zero-order valence-corrected chi connectivity index (χ0v) is 24.9. The number of fused-ring (bicyclic) bond motifs is 4. The molecule has 0 atom stereocenters. The fourth-order valence-corrected chi connectivity index (χ4v) is 6.75. The Balaban J connectivity index is 0.000000127. The third-order valence-electron chi connectivity index (χ3n) is 8.80. The van der Waals surface area contributed by atoms with Gasteiger partial charge >= 0.3 is 0 Å². The van der Waals surface area contributed by atoms with E-state index in [2.05, 4.69) is 56.6 Å². The van der Waals surface area contributed by atoms with Crippen molar-refractivity contribution in [3.8, 4) is 45.0 Å². The molecule has 0 bridgehead atoms. The molecular formula is C35H29N11. The molecule has 0 spiro atoms. The van der Waals surface area contributed by atoms with Crippen molar-refractivity contribution in [3.05, 3.63) is 103 Å². The summed E-state index contributed by atoms with van der Waals surface area (Å²) in [7, 11) is 0. The summed E-state index contributed by atoms with van der Waals surface area (Å²) in [5.74, 6) is 0. The summed E-state index contributed by atoms with van der Waals surface area (Å²) < 4.78 is 4.24. The third-order valence-corrected chi connectivity index (χ3v) is 8.80. The van der Waals surface area contributed by atoms with E-state index >= 15 is 0 Å². The van der Waals surface area contributed by atoms with Crippen molar-refractivity contribution >= 4 is 22.1 Å². The summed E-state index contributed by atoms with van der Waals surface area (Å²) in [6, 6.07) is 18.1. The maximum atomic E-state index is 4.84. The van der Waals surface area contributed by atoms with Crippen molar-refractivity contribution in [2.75, 3.05) is 0 Å². The highest BCUT2D eigenvalue weighted by Crippen LogP contribution is 2.40. The summed E-state index contributed by atoms with van der Waals surface area (Å²) in [6.07, 6.45) is 15.6. The number of rotatable bonds is 4. The molecular weight excluding hydrogens is 574 g/mol. The van der Waals surface area contributed by atoms with E-state index in [4.69, 9.17) is 10.2 Å². The lowest BCUT2D eigenvalue weighted by Gasteiger charge is -2.05. The molecule has 10 heterocycles. The molecule has 0 saturated heterocycles. The molecule has 2 aliphatic heterocycles. The van der Waals surface area contributed by atoms with E-state index in [0.29, 0.717) is 0 Å². The van der Waals surface area contributed by atoms with Crippen LogP contribution in [0.4, 0.5) is 0 Å². The van der Waals surface area contributed by atoms with Gasteiger partial charge in [-0.2, -0.15) is 15.3 Å². The lowest BCUT2D eigenvalue weighted by Crippen LogP contribution is -1.94. The minimum absolute atomic E-state index is 0.803. The Morgan fingerprint density at radius 3 is 2.07 bits per heavy atom. The van der Waals surface area contributed by atoms with Crippen LogP contribution >= 0.6 is 0 Å². The van der Waals surface area contributed by atoms with E-state index in [1.807, 2.05) is 67.3 Å². The molecule has 2 aliphatic rings. The molecule has 224 valence electrons. The molecule has 0 unspecified atom stereocenters. The van der Waals surface area contributed by atoms with Gasteiger partial charge < -0.3 is 4.98 Å². The van der Waals surface area contributed by atoms with E-state index in [9.17, 15) is 0 Å². The predicted octanol–water partition coefficient (Wildman–Crippen LogP) is 6.26. The summed E-state index contributed by atoms with van der Waals surface area (Å²) in [5.41, 5.74) is 12.6. The van der Waals surface area contributed by atoms with Gasteiger partial charge in [0.2, 0.25) is 0 Å². The maximum Gasteiger partial charge on any atom is 0.155 e. The van der Waals surface area contributed by atoms with Gasteiger partial charge in [0.05, 0.1) is 17.6 Å². The number of aromatic amines is 2. The molecule has 2 N–H and O–H groups in total. The van der Waals surface area contributed by atoms with Crippen LogP contribution in [0.3, 0.4) is 0 Å². The Hall–Kier alpha value is -5.97. The highest BCUT2D eigenvalue weighted by atomic mass is 15.3. The van der Waals surface area contributed by atoms with Crippen LogP contribution in [0.25, 0.3) is 67.1 Å². The van der Waals surface area contributed by atoms with Crippen LogP contribution in [0.1, 0.15) is 24.2 Å². The Morgan fingerprint density at radius 1 is 0.652 bits per heavy atom. The monoisotopic (exact) mass is 603 g/mol. The summed E-state index contributed by atoms with van der Waals surface area (Å²) in [6.45, 7) is 1.95. The average molecular weight is 604 g/mol. The number of pyridine rings is 4. The number of H-pyrrole nitrogens is 2. The van der Waals surface area contributed by atoms with Crippen LogP contribution in [0, 0.1) is 0 Å². The van der Waals surface area contributed by atoms with Crippen molar-refractivity contribution in [2.45, 2.75) is 38.8 Å². The van der Waals surface area contributed by atoms with Crippen LogP contribution in [0.5, 0.6) is 0 Å². The number of aromatic nitrogens is 11. The minimum atomic E-state index is 0.803. The third kappa shape index (κ3) is 4.39. The predicted molar refractivity (Wildman–Crippen MR) is 176 cm³/mol. The van der Waals surface area contributed by atoms with Crippen molar-refractivity contribution < 1.29 is 0 Å². The van der Waals surface area contributed by atoms with E-state index in [0.717, 1.165) is 100 Å². The number of nitrogens with zero attached hydrogens (tertiary/aromatic N) is 9. The topological polar surface area (TPSA) is 132 Å². The first-order chi connectivity index (χ1) is 22.8. The molecule has 0 aromatic carbocycles. The average Bonchev–Trinajstić information content (AvgIpc) is 3.95. The fraction of sp³-hybridized carbons (Fsp3) is 0.171. The first-order valence-electron chi connectivity index (χ1n) is 15.6. The summed E-state index contributed by atoms with van der Waals surface area (Å²) >= 11 is 0. The van der Waals surface area contributed by atoms with Crippen LogP contribution < -0.4 is 0 Å². The van der Waals surface area contributed by atoms with Crippen LogP contribution in [0.2, 0.25) is 0 Å². The Labute approximate surface area is 263 Å². The lowest BCUT2D eigenvalue weighted by atomic mass is 10.00. The molecule has 11 heteroatoms. The van der Waals surface area contributed by atoms with Gasteiger partial charge in [0.1, 0.15) is 17.0 Å². The second-order valence-corrected chi connectivity index (χ2v) is 11.6. The van der Waals surface area contributed by atoms with E-state index < -0.39 is 0 Å². The van der Waals surface area contributed by atoms with Gasteiger partial charge in [0.25, 0.3) is 0 Å². The van der Waals surface area contributed by atoms with Gasteiger partial charge in [-0.3, -0.25) is 24.4 Å². The van der Waals surface area contributed by atoms with Crippen LogP contribution in [0.15, 0.2) is 91.8 Å². The van der Waals surface area contributed by atoms with Crippen molar-refractivity contribution in [3.63, 3.8) is 0 Å². The Bertz CT molecular complexity index is 2330. The SMILES string of the molecule is c1ccc(-c2nn3c(c2-c2c[nH]c4ncccc24)CCC3)nc1.c1ccc(-c2nn3c(c2-c2cnc4[nH]ncc4c2)CCC3)nc1. The first-order valence-corrected chi connectivity index (χ1v) is 15.6. The smallest absolute Gasteiger partial charge is 0.155 e. The molecule has 0 saturated carbocycles. The van der Waals surface area contributed by atoms with E-state index in [1.165, 1.54) is 17.0 Å². The molecule has 46 heavy (non-hydrogen) atoms. The van der Waals surface area contributed by atoms with Crippen LogP contribution in [-0.2, 0) is 25.9 Å². The van der Waals surface area contributed by atoms with Crippen molar-refractivity contribution in [1.29, 1.82) is 0 Å². The second-order valence-electron chi connectivity index (χ2n) is 11.6. The van der Waals surface area contributed by atoms with Gasteiger partial charge in [-0.1, -0.05) is 12.1 Å². The second kappa shape index (κ2) is 10.9. The molecule has 11 nitrogen and oxygen atoms in total. The zero-order valence-electron chi connectivity index (χ0n) is 24.9. The summed E-state index contributed by atoms with van der Waals surface area (Å²) in [5, 5.41) is 18.7. The molecule has 8 aromatic rings.